The van der Waals surface area contributed by atoms with Crippen molar-refractivity contribution in [2.24, 2.45) is 0 Å². The van der Waals surface area contributed by atoms with E-state index >= 15 is 0 Å². The molecule has 10 nitrogen and oxygen atoms in total. The van der Waals surface area contributed by atoms with Gasteiger partial charge in [-0.05, 0) is 32.0 Å². The number of anilines is 2. The van der Waals surface area contributed by atoms with Crippen LogP contribution < -0.4 is 10.6 Å². The zero-order valence-electron chi connectivity index (χ0n) is 17.3. The number of aryl methyl sites for hydroxylation is 1. The van der Waals surface area contributed by atoms with Crippen molar-refractivity contribution < 1.29 is 9.53 Å². The van der Waals surface area contributed by atoms with Crippen LogP contribution in [0, 0.1) is 6.92 Å². The van der Waals surface area contributed by atoms with Gasteiger partial charge in [0.05, 0.1) is 45.9 Å². The third-order valence-electron chi connectivity index (χ3n) is 4.63. The number of rotatable bonds is 5. The molecule has 2 amide bonds. The van der Waals surface area contributed by atoms with Crippen LogP contribution in [0.3, 0.4) is 0 Å². The Hall–Kier alpha value is -3.34. The molecule has 4 heterocycles. The third kappa shape index (κ3) is 4.47. The highest BCUT2D eigenvalue weighted by Gasteiger charge is 2.19. The minimum Gasteiger partial charge on any atom is -0.377 e. The average Bonchev–Trinajstić information content (AvgIpc) is 3.19. The van der Waals surface area contributed by atoms with Crippen molar-refractivity contribution in [2.45, 2.75) is 20.0 Å². The number of hydrogen-bond donors (Lipinski definition) is 2. The Kier molecular flexibility index (Phi) is 6.17. The maximum Gasteiger partial charge on any atom is 0.323 e. The summed E-state index contributed by atoms with van der Waals surface area (Å²) in [5.74, 6) is 0.987. The van der Waals surface area contributed by atoms with Crippen LogP contribution in [-0.4, -0.2) is 42.9 Å². The Morgan fingerprint density at radius 3 is 2.66 bits per heavy atom. The van der Waals surface area contributed by atoms with E-state index in [1.165, 1.54) is 17.2 Å². The molecule has 164 valence electrons. The van der Waals surface area contributed by atoms with E-state index in [1.54, 1.807) is 38.4 Å². The van der Waals surface area contributed by atoms with Crippen molar-refractivity contribution in [2.75, 3.05) is 17.7 Å². The minimum absolute atomic E-state index is 0.299. The summed E-state index contributed by atoms with van der Waals surface area (Å²) in [6.45, 7) is 3.60. The van der Waals surface area contributed by atoms with E-state index in [0.29, 0.717) is 49.8 Å². The molecule has 32 heavy (non-hydrogen) atoms. The second-order valence-electron chi connectivity index (χ2n) is 6.81. The second kappa shape index (κ2) is 9.03. The van der Waals surface area contributed by atoms with E-state index in [1.807, 2.05) is 6.92 Å². The van der Waals surface area contributed by atoms with E-state index in [9.17, 15) is 4.79 Å². The first-order valence-corrected chi connectivity index (χ1v) is 10.2. The number of pyridine rings is 3. The molecular formula is C20H18Cl2N8O2. The minimum atomic E-state index is -0.514. The number of urea groups is 1. The first kappa shape index (κ1) is 21.9. The van der Waals surface area contributed by atoms with Gasteiger partial charge in [-0.1, -0.05) is 23.2 Å². The summed E-state index contributed by atoms with van der Waals surface area (Å²) in [6, 6.07) is 4.46. The highest BCUT2D eigenvalue weighted by atomic mass is 35.5. The summed E-state index contributed by atoms with van der Waals surface area (Å²) >= 11 is 12.4. The van der Waals surface area contributed by atoms with E-state index in [4.69, 9.17) is 27.9 Å². The lowest BCUT2D eigenvalue weighted by Gasteiger charge is -2.18. The summed E-state index contributed by atoms with van der Waals surface area (Å²) < 4.78 is 6.93. The number of carbonyl (C=O) groups is 1. The normalized spacial score (nSPS) is 12.0. The number of aromatic nitrogens is 6. The maximum atomic E-state index is 12.7. The number of methoxy groups -OCH3 is 1. The molecule has 0 fully saturated rings. The van der Waals surface area contributed by atoms with Crippen molar-refractivity contribution in [1.29, 1.82) is 0 Å². The zero-order chi connectivity index (χ0) is 22.8. The Bertz CT molecular complexity index is 1310. The van der Waals surface area contributed by atoms with Gasteiger partial charge in [-0.15, -0.1) is 0 Å². The number of nitrogens with zero attached hydrogens (tertiary/aromatic N) is 6. The van der Waals surface area contributed by atoms with Gasteiger partial charge in [-0.2, -0.15) is 5.10 Å². The van der Waals surface area contributed by atoms with Crippen LogP contribution >= 0.6 is 23.2 Å². The van der Waals surface area contributed by atoms with Gasteiger partial charge in [0.25, 0.3) is 0 Å². The summed E-state index contributed by atoms with van der Waals surface area (Å²) in [5, 5.41) is 10.3. The molecule has 4 aromatic heterocycles. The molecule has 0 aliphatic carbocycles. The van der Waals surface area contributed by atoms with Crippen molar-refractivity contribution in [3.63, 3.8) is 0 Å². The van der Waals surface area contributed by atoms with Crippen LogP contribution in [0.15, 0.2) is 36.9 Å². The maximum absolute atomic E-state index is 12.7. The van der Waals surface area contributed by atoms with Gasteiger partial charge in [0.15, 0.2) is 5.82 Å². The summed E-state index contributed by atoms with van der Waals surface area (Å²) in [6.07, 6.45) is 4.15. The van der Waals surface area contributed by atoms with Crippen molar-refractivity contribution in [1.82, 2.24) is 29.7 Å². The number of amides is 2. The number of fused-ring (bicyclic) bond motifs is 1. The summed E-state index contributed by atoms with van der Waals surface area (Å²) in [4.78, 5) is 29.7. The largest absolute Gasteiger partial charge is 0.377 e. The first-order valence-electron chi connectivity index (χ1n) is 9.46. The average molecular weight is 473 g/mol. The first-order chi connectivity index (χ1) is 15.4. The highest BCUT2D eigenvalue weighted by molar-refractivity contribution is 6.32. The van der Waals surface area contributed by atoms with Gasteiger partial charge in [0.2, 0.25) is 0 Å². The van der Waals surface area contributed by atoms with Gasteiger partial charge in [0.1, 0.15) is 17.3 Å². The SMILES string of the molecule is CO[C@@H](C)c1c(NC(=O)Nc2cnc(-n3cnc(C)n3)c(Cl)c2)cnc2ccc(Cl)nc12. The van der Waals surface area contributed by atoms with E-state index in [2.05, 4.69) is 35.7 Å². The smallest absolute Gasteiger partial charge is 0.323 e. The molecule has 4 rings (SSSR count). The van der Waals surface area contributed by atoms with Gasteiger partial charge in [-0.3, -0.25) is 4.98 Å². The molecule has 0 aliphatic heterocycles. The van der Waals surface area contributed by atoms with E-state index in [0.717, 1.165) is 0 Å². The Morgan fingerprint density at radius 2 is 1.97 bits per heavy atom. The summed E-state index contributed by atoms with van der Waals surface area (Å²) in [5.41, 5.74) is 2.66. The van der Waals surface area contributed by atoms with Crippen LogP contribution in [0.1, 0.15) is 24.4 Å². The molecule has 0 radical (unpaired) electrons. The fourth-order valence-electron chi connectivity index (χ4n) is 3.09. The zero-order valence-corrected chi connectivity index (χ0v) is 18.8. The van der Waals surface area contributed by atoms with Gasteiger partial charge in [-0.25, -0.2) is 24.4 Å². The van der Waals surface area contributed by atoms with Crippen molar-refractivity contribution in [3.05, 3.63) is 58.5 Å². The lowest BCUT2D eigenvalue weighted by Crippen LogP contribution is -2.21. The lowest BCUT2D eigenvalue weighted by molar-refractivity contribution is 0.121. The van der Waals surface area contributed by atoms with Crippen molar-refractivity contribution in [3.8, 4) is 5.82 Å². The van der Waals surface area contributed by atoms with E-state index in [-0.39, 0.29) is 6.10 Å². The Labute approximate surface area is 193 Å². The monoisotopic (exact) mass is 472 g/mol. The molecule has 0 saturated heterocycles. The number of nitrogens with one attached hydrogen (secondary N) is 2. The molecule has 2 N–H and O–H groups in total. The van der Waals surface area contributed by atoms with Crippen LogP contribution in [0.4, 0.5) is 16.2 Å². The van der Waals surface area contributed by atoms with Crippen molar-refractivity contribution >= 4 is 51.6 Å². The van der Waals surface area contributed by atoms with E-state index < -0.39 is 6.03 Å². The molecule has 0 aromatic carbocycles. The van der Waals surface area contributed by atoms with Crippen LogP contribution in [0.2, 0.25) is 10.2 Å². The molecular weight excluding hydrogens is 455 g/mol. The molecule has 4 aromatic rings. The Morgan fingerprint density at radius 1 is 1.16 bits per heavy atom. The Balaban J connectivity index is 1.58. The number of carbonyl (C=O) groups excluding carboxylic acids is 1. The molecule has 0 aliphatic rings. The predicted octanol–water partition coefficient (Wildman–Crippen LogP) is 4.57. The quantitative estimate of drug-likeness (QED) is 0.408. The van der Waals surface area contributed by atoms with Gasteiger partial charge >= 0.3 is 6.03 Å². The van der Waals surface area contributed by atoms with Crippen LogP contribution in [0.5, 0.6) is 0 Å². The fourth-order valence-corrected chi connectivity index (χ4v) is 3.49. The van der Waals surface area contributed by atoms with Gasteiger partial charge in [0, 0.05) is 12.7 Å². The number of ether oxygens (including phenoxy) is 1. The predicted molar refractivity (Wildman–Crippen MR) is 122 cm³/mol. The molecule has 12 heteroatoms. The lowest BCUT2D eigenvalue weighted by atomic mass is 10.1. The molecule has 0 unspecified atom stereocenters. The number of hydrogen-bond acceptors (Lipinski definition) is 7. The number of halogens is 2. The molecule has 0 spiro atoms. The van der Waals surface area contributed by atoms with Gasteiger partial charge < -0.3 is 15.4 Å². The summed E-state index contributed by atoms with van der Waals surface area (Å²) in [7, 11) is 1.57. The van der Waals surface area contributed by atoms with Crippen LogP contribution in [-0.2, 0) is 4.74 Å². The molecule has 1 atom stereocenters. The topological polar surface area (TPSA) is 120 Å². The fraction of sp³-hybridized carbons (Fsp3) is 0.200. The standard InChI is InChI=1S/C20H18Cl2N8O2/c1-10(32-3)17-15(8-23-14-4-5-16(22)28-18(14)17)27-20(31)26-12-6-13(21)19(24-7-12)30-9-25-11(2)29-30/h4-10H,1-3H3,(H2,26,27,31)/t10-/m0/s1. The second-order valence-corrected chi connectivity index (χ2v) is 7.60. The van der Waals surface area contributed by atoms with Crippen LogP contribution in [0.25, 0.3) is 16.9 Å². The third-order valence-corrected chi connectivity index (χ3v) is 5.12. The highest BCUT2D eigenvalue weighted by Crippen LogP contribution is 2.31. The molecule has 0 saturated carbocycles. The molecule has 0 bridgehead atoms.